The van der Waals surface area contributed by atoms with Gasteiger partial charge in [-0.05, 0) is 29.7 Å². The number of rotatable bonds is 6. The topological polar surface area (TPSA) is 57.1 Å². The van der Waals surface area contributed by atoms with Gasteiger partial charge < -0.3 is 15.5 Å². The summed E-state index contributed by atoms with van der Waals surface area (Å²) in [4.78, 5) is 0. The van der Waals surface area contributed by atoms with Gasteiger partial charge in [-0.2, -0.15) is 0 Å². The van der Waals surface area contributed by atoms with Gasteiger partial charge in [0, 0.05) is 5.56 Å². The molecule has 2 aromatic rings. The van der Waals surface area contributed by atoms with Crippen molar-refractivity contribution in [3.8, 4) is 5.75 Å². The zero-order valence-corrected chi connectivity index (χ0v) is 11.8. The average Bonchev–Trinajstić information content (AvgIpc) is 2.48. The molecule has 20 heavy (non-hydrogen) atoms. The molecule has 0 saturated heterocycles. The third-order valence-electron chi connectivity index (χ3n) is 3.46. The number of benzene rings is 2. The van der Waals surface area contributed by atoms with Crippen LogP contribution in [0.25, 0.3) is 0 Å². The number of hydrogen-bond acceptors (Lipinski definition) is 2. The van der Waals surface area contributed by atoms with Gasteiger partial charge in [-0.15, -0.1) is 0 Å². The molecule has 0 bridgehead atoms. The van der Waals surface area contributed by atoms with Gasteiger partial charge in [-0.25, -0.2) is 0 Å². The van der Waals surface area contributed by atoms with E-state index in [-0.39, 0.29) is 5.75 Å². The van der Waals surface area contributed by atoms with E-state index in [1.54, 1.807) is 18.2 Å². The molecular formula is C17H22NO2+. The summed E-state index contributed by atoms with van der Waals surface area (Å²) >= 11 is 0. The van der Waals surface area contributed by atoms with E-state index in [0.29, 0.717) is 6.54 Å². The first-order valence-corrected chi connectivity index (χ1v) is 7.05. The zero-order chi connectivity index (χ0) is 14.4. The molecule has 0 heterocycles. The smallest absolute Gasteiger partial charge is 0.128 e. The minimum Gasteiger partial charge on any atom is -0.508 e. The predicted molar refractivity (Wildman–Crippen MR) is 79.4 cm³/mol. The summed E-state index contributed by atoms with van der Waals surface area (Å²) in [6, 6.07) is 15.4. The van der Waals surface area contributed by atoms with Gasteiger partial charge in [0.15, 0.2) is 0 Å². The van der Waals surface area contributed by atoms with Crippen LogP contribution in [0.1, 0.15) is 29.7 Å². The molecule has 0 fully saturated rings. The minimum absolute atomic E-state index is 0.191. The number of aryl methyl sites for hydroxylation is 1. The molecule has 4 N–H and O–H groups in total. The Hall–Kier alpha value is -1.84. The van der Waals surface area contributed by atoms with Crippen molar-refractivity contribution >= 4 is 0 Å². The standard InChI is InChI=1S/C17H21NO2/c1-2-13-6-8-14(9-7-13)11-18-12-17(20)15-4-3-5-16(19)10-15/h3-10,17-20H,2,11-12H2,1H3/p+1/t17-/m1/s1. The first-order valence-electron chi connectivity index (χ1n) is 7.05. The van der Waals surface area contributed by atoms with Crippen molar-refractivity contribution in [2.24, 2.45) is 0 Å². The summed E-state index contributed by atoms with van der Waals surface area (Å²) in [6.45, 7) is 3.58. The Morgan fingerprint density at radius 2 is 1.75 bits per heavy atom. The minimum atomic E-state index is -0.558. The van der Waals surface area contributed by atoms with Gasteiger partial charge in [0.25, 0.3) is 0 Å². The van der Waals surface area contributed by atoms with E-state index in [4.69, 9.17) is 0 Å². The molecule has 3 heteroatoms. The van der Waals surface area contributed by atoms with Crippen LogP contribution in [0.15, 0.2) is 48.5 Å². The Kier molecular flexibility index (Phi) is 5.16. The fourth-order valence-corrected chi connectivity index (χ4v) is 2.19. The Balaban J connectivity index is 1.82. The van der Waals surface area contributed by atoms with Crippen LogP contribution in [0.3, 0.4) is 0 Å². The molecule has 0 unspecified atom stereocenters. The van der Waals surface area contributed by atoms with E-state index in [9.17, 15) is 10.2 Å². The monoisotopic (exact) mass is 272 g/mol. The Morgan fingerprint density at radius 3 is 2.40 bits per heavy atom. The molecule has 0 aromatic heterocycles. The molecular weight excluding hydrogens is 250 g/mol. The third kappa shape index (κ3) is 4.08. The van der Waals surface area contributed by atoms with Gasteiger partial charge in [0.2, 0.25) is 0 Å². The maximum absolute atomic E-state index is 10.1. The maximum Gasteiger partial charge on any atom is 0.128 e. The van der Waals surface area contributed by atoms with Crippen molar-refractivity contribution in [3.05, 3.63) is 65.2 Å². The lowest BCUT2D eigenvalue weighted by Gasteiger charge is -2.10. The largest absolute Gasteiger partial charge is 0.508 e. The number of quaternary nitrogens is 1. The van der Waals surface area contributed by atoms with Crippen molar-refractivity contribution in [3.63, 3.8) is 0 Å². The van der Waals surface area contributed by atoms with E-state index < -0.39 is 6.10 Å². The number of aliphatic hydroxyl groups excluding tert-OH is 1. The van der Waals surface area contributed by atoms with Crippen LogP contribution in [-0.2, 0) is 13.0 Å². The van der Waals surface area contributed by atoms with Gasteiger partial charge in [-0.3, -0.25) is 0 Å². The highest BCUT2D eigenvalue weighted by atomic mass is 16.3. The van der Waals surface area contributed by atoms with E-state index in [0.717, 1.165) is 18.5 Å². The lowest BCUT2D eigenvalue weighted by atomic mass is 10.1. The number of nitrogens with two attached hydrogens (primary N) is 1. The normalized spacial score (nSPS) is 12.3. The molecule has 2 aromatic carbocycles. The molecule has 3 nitrogen and oxygen atoms in total. The van der Waals surface area contributed by atoms with Crippen molar-refractivity contribution in [1.82, 2.24) is 0 Å². The fraction of sp³-hybridized carbons (Fsp3) is 0.294. The lowest BCUT2D eigenvalue weighted by molar-refractivity contribution is -0.677. The number of aromatic hydroxyl groups is 1. The molecule has 0 aliphatic rings. The first kappa shape index (κ1) is 14.6. The Labute approximate surface area is 119 Å². The van der Waals surface area contributed by atoms with Crippen LogP contribution in [-0.4, -0.2) is 16.8 Å². The van der Waals surface area contributed by atoms with Crippen molar-refractivity contribution in [2.75, 3.05) is 6.54 Å². The van der Waals surface area contributed by atoms with E-state index in [1.807, 2.05) is 6.07 Å². The summed E-state index contributed by atoms with van der Waals surface area (Å²) < 4.78 is 0. The number of phenols is 1. The van der Waals surface area contributed by atoms with Crippen LogP contribution >= 0.6 is 0 Å². The number of phenolic OH excluding ortho intramolecular Hbond substituents is 1. The summed E-state index contributed by atoms with van der Waals surface area (Å²) in [6.07, 6.45) is 0.497. The summed E-state index contributed by atoms with van der Waals surface area (Å²) in [5, 5.41) is 21.5. The van der Waals surface area contributed by atoms with Crippen LogP contribution in [0.5, 0.6) is 5.75 Å². The van der Waals surface area contributed by atoms with Crippen molar-refractivity contribution in [2.45, 2.75) is 26.0 Å². The summed E-state index contributed by atoms with van der Waals surface area (Å²) in [5.41, 5.74) is 3.35. The lowest BCUT2D eigenvalue weighted by Crippen LogP contribution is -2.83. The fourth-order valence-electron chi connectivity index (χ4n) is 2.19. The van der Waals surface area contributed by atoms with E-state index in [2.05, 4.69) is 36.5 Å². The van der Waals surface area contributed by atoms with Gasteiger partial charge in [0.1, 0.15) is 24.9 Å². The van der Waals surface area contributed by atoms with Crippen molar-refractivity contribution < 1.29 is 15.5 Å². The van der Waals surface area contributed by atoms with Crippen LogP contribution < -0.4 is 5.32 Å². The molecule has 0 aliphatic carbocycles. The SMILES string of the molecule is CCc1ccc(C[NH2+]C[C@@H](O)c2cccc(O)c2)cc1. The molecule has 0 amide bonds. The van der Waals surface area contributed by atoms with Crippen molar-refractivity contribution in [1.29, 1.82) is 0 Å². The van der Waals surface area contributed by atoms with Crippen LogP contribution in [0.2, 0.25) is 0 Å². The average molecular weight is 272 g/mol. The molecule has 0 spiro atoms. The van der Waals surface area contributed by atoms with E-state index in [1.165, 1.54) is 11.1 Å². The maximum atomic E-state index is 10.1. The summed E-state index contributed by atoms with van der Waals surface area (Å²) in [5.74, 6) is 0.191. The second kappa shape index (κ2) is 7.08. The van der Waals surface area contributed by atoms with E-state index >= 15 is 0 Å². The van der Waals surface area contributed by atoms with Crippen LogP contribution in [0.4, 0.5) is 0 Å². The first-order chi connectivity index (χ1) is 9.69. The van der Waals surface area contributed by atoms with Gasteiger partial charge in [-0.1, -0.05) is 43.3 Å². The Bertz CT molecular complexity index is 537. The number of aliphatic hydroxyl groups is 1. The molecule has 106 valence electrons. The zero-order valence-electron chi connectivity index (χ0n) is 11.8. The summed E-state index contributed by atoms with van der Waals surface area (Å²) in [7, 11) is 0. The van der Waals surface area contributed by atoms with Gasteiger partial charge >= 0.3 is 0 Å². The van der Waals surface area contributed by atoms with Crippen LogP contribution in [0, 0.1) is 0 Å². The quantitative estimate of drug-likeness (QED) is 0.750. The highest BCUT2D eigenvalue weighted by Crippen LogP contribution is 2.16. The van der Waals surface area contributed by atoms with Gasteiger partial charge in [0.05, 0.1) is 0 Å². The molecule has 0 aliphatic heterocycles. The highest BCUT2D eigenvalue weighted by Gasteiger charge is 2.09. The third-order valence-corrected chi connectivity index (χ3v) is 3.46. The predicted octanol–water partition coefficient (Wildman–Crippen LogP) is 1.75. The highest BCUT2D eigenvalue weighted by molar-refractivity contribution is 5.28. The molecule has 0 radical (unpaired) electrons. The molecule has 2 rings (SSSR count). The second-order valence-electron chi connectivity index (χ2n) is 5.01. The molecule has 0 saturated carbocycles. The second-order valence-corrected chi connectivity index (χ2v) is 5.01. The Morgan fingerprint density at radius 1 is 1.05 bits per heavy atom. The number of hydrogen-bond donors (Lipinski definition) is 3. The molecule has 1 atom stereocenters.